The van der Waals surface area contributed by atoms with Crippen LogP contribution in [0.1, 0.15) is 18.9 Å². The molecule has 1 N–H and O–H groups in total. The molecule has 0 spiro atoms. The number of amides is 1. The van der Waals surface area contributed by atoms with Crippen molar-refractivity contribution in [3.8, 4) is 6.07 Å². The molecule has 1 aromatic heterocycles. The minimum atomic E-state index is 0.0436. The minimum Gasteiger partial charge on any atom is -0.369 e. The van der Waals surface area contributed by atoms with Crippen LogP contribution in [0.5, 0.6) is 0 Å². The van der Waals surface area contributed by atoms with Crippen molar-refractivity contribution in [3.05, 3.63) is 30.2 Å². The number of carbonyl (C=O) groups is 1. The van der Waals surface area contributed by atoms with E-state index in [4.69, 9.17) is 0 Å². The monoisotopic (exact) mass is 352 g/mol. The van der Waals surface area contributed by atoms with Gasteiger partial charge in [-0.1, -0.05) is 6.92 Å². The van der Waals surface area contributed by atoms with Gasteiger partial charge in [0.1, 0.15) is 12.4 Å². The Balaban J connectivity index is 1.86. The van der Waals surface area contributed by atoms with Gasteiger partial charge in [0.2, 0.25) is 5.91 Å². The summed E-state index contributed by atoms with van der Waals surface area (Å²) in [6.07, 6.45) is 4.19. The first-order valence-corrected chi connectivity index (χ1v) is 8.79. The fourth-order valence-corrected chi connectivity index (χ4v) is 3.64. The molecule has 7 heteroatoms. The molecule has 0 aliphatic carbocycles. The fraction of sp³-hybridized carbons (Fsp3) is 0.474. The average molecular weight is 352 g/mol. The highest BCUT2D eigenvalue weighted by Crippen LogP contribution is 2.30. The van der Waals surface area contributed by atoms with Crippen LogP contribution in [0.3, 0.4) is 0 Å². The molecular weight excluding hydrogens is 328 g/mol. The summed E-state index contributed by atoms with van der Waals surface area (Å²) >= 11 is 0. The Hall–Kier alpha value is -2.72. The third-order valence-electron chi connectivity index (χ3n) is 4.60. The van der Waals surface area contributed by atoms with Gasteiger partial charge in [0.15, 0.2) is 0 Å². The van der Waals surface area contributed by atoms with Crippen molar-refractivity contribution < 1.29 is 4.79 Å². The van der Waals surface area contributed by atoms with Crippen LogP contribution in [-0.4, -0.2) is 60.5 Å². The number of nitrogens with one attached hydrogen (secondary N) is 1. The van der Waals surface area contributed by atoms with Crippen molar-refractivity contribution >= 4 is 22.5 Å². The zero-order valence-corrected chi connectivity index (χ0v) is 15.4. The number of nitriles is 1. The zero-order chi connectivity index (χ0) is 18.7. The van der Waals surface area contributed by atoms with E-state index in [2.05, 4.69) is 33.2 Å². The van der Waals surface area contributed by atoms with E-state index in [0.717, 1.165) is 30.6 Å². The largest absolute Gasteiger partial charge is 0.369 e. The maximum Gasteiger partial charge on any atom is 0.234 e. The van der Waals surface area contributed by atoms with E-state index in [-0.39, 0.29) is 11.9 Å². The summed E-state index contributed by atoms with van der Waals surface area (Å²) in [4.78, 5) is 24.7. The molecule has 1 saturated heterocycles. The lowest BCUT2D eigenvalue weighted by atomic mass is 9.94. The number of nitrogens with zero attached hydrogens (tertiary/aromatic N) is 5. The van der Waals surface area contributed by atoms with E-state index >= 15 is 0 Å². The molecule has 3 rings (SSSR count). The maximum absolute atomic E-state index is 12.1. The lowest BCUT2D eigenvalue weighted by Crippen LogP contribution is -2.51. The Morgan fingerprint density at radius 2 is 2.23 bits per heavy atom. The molecule has 26 heavy (non-hydrogen) atoms. The normalized spacial score (nSPS) is 20.2. The number of fused-ring (bicyclic) bond motifs is 1. The van der Waals surface area contributed by atoms with Gasteiger partial charge in [-0.05, 0) is 38.6 Å². The molecule has 136 valence electrons. The molecule has 7 nitrogen and oxygen atoms in total. The maximum atomic E-state index is 12.1. The molecule has 2 atom stereocenters. The second kappa shape index (κ2) is 7.67. The van der Waals surface area contributed by atoms with Gasteiger partial charge in [0, 0.05) is 36.4 Å². The molecule has 0 saturated carbocycles. The standard InChI is InChI=1S/C19H24N6O/c1-13-6-15(23-18(26)11-24(2)3)10-25(9-13)17-5-4-14(7-20)19-16(17)8-21-12-22-19/h4-5,8,12-13,15H,6,9-11H2,1-3H3,(H,23,26). The van der Waals surface area contributed by atoms with Gasteiger partial charge in [-0.15, -0.1) is 0 Å². The van der Waals surface area contributed by atoms with E-state index in [1.807, 2.05) is 31.1 Å². The molecule has 1 aliphatic rings. The van der Waals surface area contributed by atoms with Gasteiger partial charge in [-0.25, -0.2) is 9.97 Å². The first kappa shape index (κ1) is 18.1. The zero-order valence-electron chi connectivity index (χ0n) is 15.4. The van der Waals surface area contributed by atoms with Crippen LogP contribution in [0.4, 0.5) is 5.69 Å². The van der Waals surface area contributed by atoms with Gasteiger partial charge in [0.05, 0.1) is 17.6 Å². The van der Waals surface area contributed by atoms with Crippen molar-refractivity contribution in [1.82, 2.24) is 20.2 Å². The number of aromatic nitrogens is 2. The van der Waals surface area contributed by atoms with Gasteiger partial charge in [-0.3, -0.25) is 4.79 Å². The number of benzene rings is 1. The van der Waals surface area contributed by atoms with Crippen LogP contribution in [0.15, 0.2) is 24.7 Å². The van der Waals surface area contributed by atoms with Crippen molar-refractivity contribution in [1.29, 1.82) is 5.26 Å². The number of hydrogen-bond donors (Lipinski definition) is 1. The molecule has 1 aliphatic heterocycles. The molecule has 1 amide bonds. The highest BCUT2D eigenvalue weighted by atomic mass is 16.2. The van der Waals surface area contributed by atoms with Crippen molar-refractivity contribution in [2.45, 2.75) is 19.4 Å². The van der Waals surface area contributed by atoms with Crippen LogP contribution >= 0.6 is 0 Å². The molecular formula is C19H24N6O. The summed E-state index contributed by atoms with van der Waals surface area (Å²) in [7, 11) is 3.77. The number of rotatable bonds is 4. The quantitative estimate of drug-likeness (QED) is 0.895. The molecule has 1 fully saturated rings. The van der Waals surface area contributed by atoms with Gasteiger partial charge >= 0.3 is 0 Å². The second-order valence-electron chi connectivity index (χ2n) is 7.28. The Bertz CT molecular complexity index is 844. The fourth-order valence-electron chi connectivity index (χ4n) is 3.64. The average Bonchev–Trinajstić information content (AvgIpc) is 2.59. The molecule has 1 aromatic carbocycles. The highest BCUT2D eigenvalue weighted by Gasteiger charge is 2.27. The topological polar surface area (TPSA) is 85.2 Å². The van der Waals surface area contributed by atoms with E-state index in [9.17, 15) is 10.1 Å². The van der Waals surface area contributed by atoms with Crippen LogP contribution in [0.2, 0.25) is 0 Å². The van der Waals surface area contributed by atoms with E-state index < -0.39 is 0 Å². The first-order valence-electron chi connectivity index (χ1n) is 8.79. The van der Waals surface area contributed by atoms with Crippen LogP contribution in [-0.2, 0) is 4.79 Å². The van der Waals surface area contributed by atoms with Gasteiger partial charge < -0.3 is 15.1 Å². The summed E-state index contributed by atoms with van der Waals surface area (Å²) in [5.74, 6) is 0.491. The lowest BCUT2D eigenvalue weighted by molar-refractivity contribution is -0.122. The second-order valence-corrected chi connectivity index (χ2v) is 7.28. The minimum absolute atomic E-state index is 0.0436. The van der Waals surface area contributed by atoms with Crippen molar-refractivity contribution in [3.63, 3.8) is 0 Å². The summed E-state index contributed by atoms with van der Waals surface area (Å²) in [5, 5.41) is 13.3. The van der Waals surface area contributed by atoms with E-state index in [1.165, 1.54) is 6.33 Å². The molecule has 0 radical (unpaired) electrons. The SMILES string of the molecule is CC1CC(NC(=O)CN(C)C)CN(c2ccc(C#N)c3ncncc23)C1. The van der Waals surface area contributed by atoms with Crippen LogP contribution in [0, 0.1) is 17.2 Å². The summed E-state index contributed by atoms with van der Waals surface area (Å²) in [6.45, 7) is 4.22. The third-order valence-corrected chi connectivity index (χ3v) is 4.60. The van der Waals surface area contributed by atoms with E-state index in [1.54, 1.807) is 6.20 Å². The van der Waals surface area contributed by atoms with Crippen molar-refractivity contribution in [2.75, 3.05) is 38.6 Å². The molecule has 2 aromatic rings. The predicted octanol–water partition coefficient (Wildman–Crippen LogP) is 1.39. The van der Waals surface area contributed by atoms with Gasteiger partial charge in [-0.2, -0.15) is 5.26 Å². The third kappa shape index (κ3) is 3.92. The van der Waals surface area contributed by atoms with Crippen LogP contribution in [0.25, 0.3) is 10.9 Å². The smallest absolute Gasteiger partial charge is 0.234 e. The number of piperidine rings is 1. The number of anilines is 1. The van der Waals surface area contributed by atoms with Crippen LogP contribution < -0.4 is 10.2 Å². The lowest BCUT2D eigenvalue weighted by Gasteiger charge is -2.38. The first-order chi connectivity index (χ1) is 12.5. The van der Waals surface area contributed by atoms with Gasteiger partial charge in [0.25, 0.3) is 0 Å². The Labute approximate surface area is 153 Å². The Morgan fingerprint density at radius 3 is 2.96 bits per heavy atom. The summed E-state index contributed by atoms with van der Waals surface area (Å²) in [6, 6.07) is 6.06. The molecule has 2 unspecified atom stereocenters. The van der Waals surface area contributed by atoms with Crippen molar-refractivity contribution in [2.24, 2.45) is 5.92 Å². The molecule has 0 bridgehead atoms. The number of carbonyl (C=O) groups excluding carboxylic acids is 1. The predicted molar refractivity (Wildman–Crippen MR) is 101 cm³/mol. The van der Waals surface area contributed by atoms with E-state index in [0.29, 0.717) is 23.5 Å². The Morgan fingerprint density at radius 1 is 1.42 bits per heavy atom. The molecule has 2 heterocycles. The number of likely N-dealkylation sites (N-methyl/N-ethyl adjacent to an activating group) is 1. The summed E-state index contributed by atoms with van der Waals surface area (Å²) < 4.78 is 0. The number of hydrogen-bond acceptors (Lipinski definition) is 6. The Kier molecular flexibility index (Phi) is 5.33. The highest BCUT2D eigenvalue weighted by molar-refractivity contribution is 5.94. The summed E-state index contributed by atoms with van der Waals surface area (Å²) in [5.41, 5.74) is 2.23.